The van der Waals surface area contributed by atoms with E-state index in [0.29, 0.717) is 17.8 Å². The number of hydrogen-bond donors (Lipinski definition) is 2. The summed E-state index contributed by atoms with van der Waals surface area (Å²) in [5, 5.41) is 13.5. The summed E-state index contributed by atoms with van der Waals surface area (Å²) >= 11 is 1.37. The van der Waals surface area contributed by atoms with Gasteiger partial charge < -0.3 is 10.4 Å². The molecule has 0 saturated carbocycles. The van der Waals surface area contributed by atoms with Gasteiger partial charge in [0.05, 0.1) is 6.61 Å². The van der Waals surface area contributed by atoms with E-state index in [1.807, 2.05) is 23.6 Å². The Morgan fingerprint density at radius 2 is 2.14 bits per heavy atom. The Morgan fingerprint density at radius 1 is 1.33 bits per heavy atom. The highest BCUT2D eigenvalue weighted by Crippen LogP contribution is 2.15. The molecule has 2 rings (SSSR count). The molecule has 0 aliphatic carbocycles. The molecule has 0 aliphatic rings. The minimum atomic E-state index is -0.104. The lowest BCUT2D eigenvalue weighted by molar-refractivity contribution is 0.0958. The summed E-state index contributed by atoms with van der Waals surface area (Å²) in [5.41, 5.74) is 1.86. The summed E-state index contributed by atoms with van der Waals surface area (Å²) in [6.07, 6.45) is 4.67. The SMILES string of the molecule is O=C(NCCc1ccncc1)c1sccc1C#CCCO. The fourth-order valence-corrected chi connectivity index (χ4v) is 2.51. The van der Waals surface area contributed by atoms with Gasteiger partial charge in [0.1, 0.15) is 4.88 Å². The van der Waals surface area contributed by atoms with Crippen molar-refractivity contribution in [2.24, 2.45) is 0 Å². The van der Waals surface area contributed by atoms with Crippen LogP contribution >= 0.6 is 11.3 Å². The van der Waals surface area contributed by atoms with Crippen molar-refractivity contribution >= 4 is 17.2 Å². The number of rotatable bonds is 5. The van der Waals surface area contributed by atoms with Crippen LogP contribution in [0.25, 0.3) is 0 Å². The van der Waals surface area contributed by atoms with Crippen LogP contribution in [0, 0.1) is 11.8 Å². The van der Waals surface area contributed by atoms with Gasteiger partial charge in [-0.25, -0.2) is 0 Å². The van der Waals surface area contributed by atoms with Gasteiger partial charge in [-0.1, -0.05) is 11.8 Å². The minimum Gasteiger partial charge on any atom is -0.395 e. The van der Waals surface area contributed by atoms with E-state index in [-0.39, 0.29) is 12.5 Å². The molecular formula is C16H16N2O2S. The Kier molecular flexibility index (Phi) is 5.95. The number of carbonyl (C=O) groups is 1. The lowest BCUT2D eigenvalue weighted by Crippen LogP contribution is -2.25. The Balaban J connectivity index is 1.89. The van der Waals surface area contributed by atoms with Crippen molar-refractivity contribution in [1.82, 2.24) is 10.3 Å². The zero-order valence-electron chi connectivity index (χ0n) is 11.5. The number of pyridine rings is 1. The highest BCUT2D eigenvalue weighted by Gasteiger charge is 2.11. The average Bonchev–Trinajstić information content (AvgIpc) is 2.97. The summed E-state index contributed by atoms with van der Waals surface area (Å²) in [6.45, 7) is 0.606. The molecule has 2 aromatic heterocycles. The smallest absolute Gasteiger partial charge is 0.262 e. The van der Waals surface area contributed by atoms with Crippen molar-refractivity contribution in [3.05, 3.63) is 52.0 Å². The van der Waals surface area contributed by atoms with Crippen molar-refractivity contribution in [2.75, 3.05) is 13.2 Å². The molecule has 5 heteroatoms. The van der Waals surface area contributed by atoms with Crippen LogP contribution in [0.5, 0.6) is 0 Å². The van der Waals surface area contributed by atoms with E-state index in [1.165, 1.54) is 11.3 Å². The van der Waals surface area contributed by atoms with Crippen LogP contribution in [0.4, 0.5) is 0 Å². The highest BCUT2D eigenvalue weighted by atomic mass is 32.1. The zero-order chi connectivity index (χ0) is 14.9. The second-order valence-electron chi connectivity index (χ2n) is 4.30. The molecule has 0 fully saturated rings. The van der Waals surface area contributed by atoms with Crippen molar-refractivity contribution < 1.29 is 9.90 Å². The summed E-state index contributed by atoms with van der Waals surface area (Å²) in [6, 6.07) is 5.69. The van der Waals surface area contributed by atoms with Gasteiger partial charge >= 0.3 is 0 Å². The predicted molar refractivity (Wildman–Crippen MR) is 83.2 cm³/mol. The van der Waals surface area contributed by atoms with Crippen LogP contribution in [0.15, 0.2) is 36.0 Å². The molecule has 21 heavy (non-hydrogen) atoms. The molecule has 0 saturated heterocycles. The minimum absolute atomic E-state index is 0.0323. The molecule has 0 aliphatic heterocycles. The maximum absolute atomic E-state index is 12.1. The molecule has 2 N–H and O–H groups in total. The first-order valence-electron chi connectivity index (χ1n) is 6.65. The third kappa shape index (κ3) is 4.71. The topological polar surface area (TPSA) is 62.2 Å². The first kappa shape index (κ1) is 15.2. The van der Waals surface area contributed by atoms with E-state index in [0.717, 1.165) is 17.5 Å². The number of aliphatic hydroxyl groups is 1. The quantitative estimate of drug-likeness (QED) is 0.828. The van der Waals surface area contributed by atoms with Crippen molar-refractivity contribution in [3.8, 4) is 11.8 Å². The van der Waals surface area contributed by atoms with Crippen LogP contribution in [0.3, 0.4) is 0 Å². The lowest BCUT2D eigenvalue weighted by Gasteiger charge is -2.04. The van der Waals surface area contributed by atoms with Crippen LogP contribution in [0.2, 0.25) is 0 Å². The summed E-state index contributed by atoms with van der Waals surface area (Å²) in [5.74, 6) is 5.64. The Morgan fingerprint density at radius 3 is 2.90 bits per heavy atom. The maximum Gasteiger partial charge on any atom is 0.262 e. The summed E-state index contributed by atoms with van der Waals surface area (Å²) in [4.78, 5) is 16.7. The van der Waals surface area contributed by atoms with Crippen molar-refractivity contribution in [2.45, 2.75) is 12.8 Å². The van der Waals surface area contributed by atoms with Crippen LogP contribution < -0.4 is 5.32 Å². The molecule has 108 valence electrons. The van der Waals surface area contributed by atoms with Gasteiger partial charge in [-0.2, -0.15) is 0 Å². The largest absolute Gasteiger partial charge is 0.395 e. The number of thiophene rings is 1. The molecule has 0 radical (unpaired) electrons. The number of carbonyl (C=O) groups excluding carboxylic acids is 1. The number of nitrogens with one attached hydrogen (secondary N) is 1. The molecule has 2 aromatic rings. The molecule has 0 atom stereocenters. The Hall–Kier alpha value is -2.16. The summed E-state index contributed by atoms with van der Waals surface area (Å²) < 4.78 is 0. The van der Waals surface area contributed by atoms with Gasteiger partial charge in [-0.15, -0.1) is 11.3 Å². The monoisotopic (exact) mass is 300 g/mol. The fraction of sp³-hybridized carbons (Fsp3) is 0.250. The van der Waals surface area contributed by atoms with Gasteiger partial charge in [-0.3, -0.25) is 9.78 Å². The van der Waals surface area contributed by atoms with Gasteiger partial charge in [0.2, 0.25) is 0 Å². The van der Waals surface area contributed by atoms with Crippen LogP contribution in [0.1, 0.15) is 27.2 Å². The van der Waals surface area contributed by atoms with E-state index in [4.69, 9.17) is 5.11 Å². The van der Waals surface area contributed by atoms with Crippen LogP contribution in [-0.2, 0) is 6.42 Å². The molecule has 0 bridgehead atoms. The number of amides is 1. The van der Waals surface area contributed by atoms with Gasteiger partial charge in [-0.05, 0) is 35.6 Å². The number of aromatic nitrogens is 1. The molecule has 1 amide bonds. The van der Waals surface area contributed by atoms with Gasteiger partial charge in [0.25, 0.3) is 5.91 Å². The molecule has 4 nitrogen and oxygen atoms in total. The number of aliphatic hydroxyl groups excluding tert-OH is 1. The second-order valence-corrected chi connectivity index (χ2v) is 5.22. The van der Waals surface area contributed by atoms with Crippen molar-refractivity contribution in [1.29, 1.82) is 0 Å². The zero-order valence-corrected chi connectivity index (χ0v) is 12.3. The normalized spacial score (nSPS) is 9.76. The van der Waals surface area contributed by atoms with E-state index < -0.39 is 0 Å². The Bertz CT molecular complexity index is 641. The first-order chi connectivity index (χ1) is 10.3. The average molecular weight is 300 g/mol. The highest BCUT2D eigenvalue weighted by molar-refractivity contribution is 7.12. The second kappa shape index (κ2) is 8.20. The third-order valence-electron chi connectivity index (χ3n) is 2.78. The van der Waals surface area contributed by atoms with Gasteiger partial charge in [0, 0.05) is 30.9 Å². The first-order valence-corrected chi connectivity index (χ1v) is 7.53. The standard InChI is InChI=1S/C16H16N2O2S/c19-11-2-1-3-14-7-12-21-15(14)16(20)18-10-6-13-4-8-17-9-5-13/h4-5,7-9,12,19H,2,6,10-11H2,(H,18,20). The fourth-order valence-electron chi connectivity index (χ4n) is 1.75. The van der Waals surface area contributed by atoms with Gasteiger partial charge in [0.15, 0.2) is 0 Å². The third-order valence-corrected chi connectivity index (χ3v) is 3.69. The Labute approximate surface area is 127 Å². The predicted octanol–water partition coefficient (Wildman–Crippen LogP) is 1.85. The number of hydrogen-bond acceptors (Lipinski definition) is 4. The molecule has 0 aromatic carbocycles. The van der Waals surface area contributed by atoms with Crippen LogP contribution in [-0.4, -0.2) is 29.1 Å². The molecular weight excluding hydrogens is 284 g/mol. The van der Waals surface area contributed by atoms with E-state index in [9.17, 15) is 4.79 Å². The number of nitrogens with zero attached hydrogens (tertiary/aromatic N) is 1. The van der Waals surface area contributed by atoms with E-state index in [2.05, 4.69) is 22.1 Å². The maximum atomic E-state index is 12.1. The van der Waals surface area contributed by atoms with Crippen molar-refractivity contribution in [3.63, 3.8) is 0 Å². The summed E-state index contributed by atoms with van der Waals surface area (Å²) in [7, 11) is 0. The molecule has 0 spiro atoms. The van der Waals surface area contributed by atoms with E-state index in [1.54, 1.807) is 12.4 Å². The lowest BCUT2D eigenvalue weighted by atomic mass is 10.2. The molecule has 0 unspecified atom stereocenters. The molecule has 2 heterocycles. The van der Waals surface area contributed by atoms with E-state index >= 15 is 0 Å².